The Morgan fingerprint density at radius 2 is 2.00 bits per heavy atom. The van der Waals surface area contributed by atoms with Crippen LogP contribution in [-0.2, 0) is 6.54 Å². The van der Waals surface area contributed by atoms with Gasteiger partial charge in [-0.3, -0.25) is 0 Å². The first-order valence-electron chi connectivity index (χ1n) is 8.27. The van der Waals surface area contributed by atoms with Gasteiger partial charge in [0.15, 0.2) is 0 Å². The van der Waals surface area contributed by atoms with E-state index in [0.29, 0.717) is 5.92 Å². The molecule has 118 valence electrons. The summed E-state index contributed by atoms with van der Waals surface area (Å²) in [5, 5.41) is 4.40. The lowest BCUT2D eigenvalue weighted by molar-refractivity contribution is 0.540. The van der Waals surface area contributed by atoms with E-state index in [4.69, 9.17) is 11.6 Å². The van der Waals surface area contributed by atoms with Gasteiger partial charge < -0.3 is 10.2 Å². The average Bonchev–Trinajstić information content (AvgIpc) is 2.93. The van der Waals surface area contributed by atoms with E-state index < -0.39 is 0 Å². The Hall–Kier alpha value is -0.730. The average molecular weight is 309 g/mol. The van der Waals surface area contributed by atoms with Gasteiger partial charge >= 0.3 is 0 Å². The summed E-state index contributed by atoms with van der Waals surface area (Å²) in [6, 6.07) is 6.27. The van der Waals surface area contributed by atoms with Crippen LogP contribution in [0.2, 0.25) is 5.02 Å². The molecule has 1 fully saturated rings. The van der Waals surface area contributed by atoms with E-state index in [1.807, 2.05) is 6.07 Å². The summed E-state index contributed by atoms with van der Waals surface area (Å²) in [4.78, 5) is 2.40. The van der Waals surface area contributed by atoms with Gasteiger partial charge in [0, 0.05) is 36.4 Å². The van der Waals surface area contributed by atoms with Gasteiger partial charge in [-0.25, -0.2) is 0 Å². The Morgan fingerprint density at radius 1 is 1.29 bits per heavy atom. The largest absolute Gasteiger partial charge is 0.374 e. The highest BCUT2D eigenvalue weighted by molar-refractivity contribution is 6.31. The monoisotopic (exact) mass is 308 g/mol. The van der Waals surface area contributed by atoms with Crippen LogP contribution in [0.4, 0.5) is 5.69 Å². The molecule has 2 nitrogen and oxygen atoms in total. The molecule has 0 atom stereocenters. The molecule has 0 aromatic heterocycles. The summed E-state index contributed by atoms with van der Waals surface area (Å²) in [5.41, 5.74) is 2.52. The van der Waals surface area contributed by atoms with E-state index in [9.17, 15) is 0 Å². The van der Waals surface area contributed by atoms with E-state index in [-0.39, 0.29) is 0 Å². The molecule has 1 saturated carbocycles. The molecular weight excluding hydrogens is 280 g/mol. The molecular formula is C18H29ClN2. The number of nitrogens with zero attached hydrogens (tertiary/aromatic N) is 1. The number of rotatable bonds is 7. The lowest BCUT2D eigenvalue weighted by atomic mass is 10.1. The molecule has 2 rings (SSSR count). The van der Waals surface area contributed by atoms with Crippen molar-refractivity contribution in [1.29, 1.82) is 0 Å². The fraction of sp³-hybridized carbons (Fsp3) is 0.667. The van der Waals surface area contributed by atoms with Gasteiger partial charge in [0.25, 0.3) is 0 Å². The molecule has 1 aliphatic rings. The number of halogens is 1. The Balaban J connectivity index is 2.04. The standard InChI is InChI=1S/C18H29ClN2/c1-14(2)11-20-12-16-17(19)9-6-10-18(16)21(3)13-15-7-4-5-8-15/h6,9-10,14-15,20H,4-5,7-8,11-13H2,1-3H3. The molecule has 0 spiro atoms. The number of nitrogens with one attached hydrogen (secondary N) is 1. The van der Waals surface area contributed by atoms with E-state index in [0.717, 1.165) is 30.6 Å². The highest BCUT2D eigenvalue weighted by Gasteiger charge is 2.19. The van der Waals surface area contributed by atoms with Crippen molar-refractivity contribution in [2.75, 3.05) is 25.0 Å². The highest BCUT2D eigenvalue weighted by atomic mass is 35.5. The minimum absolute atomic E-state index is 0.659. The Morgan fingerprint density at radius 3 is 2.67 bits per heavy atom. The van der Waals surface area contributed by atoms with E-state index >= 15 is 0 Å². The van der Waals surface area contributed by atoms with Crippen LogP contribution >= 0.6 is 11.6 Å². The van der Waals surface area contributed by atoms with Crippen molar-refractivity contribution in [3.8, 4) is 0 Å². The first-order valence-corrected chi connectivity index (χ1v) is 8.65. The van der Waals surface area contributed by atoms with Crippen molar-refractivity contribution in [2.24, 2.45) is 11.8 Å². The second-order valence-corrected chi connectivity index (χ2v) is 7.20. The van der Waals surface area contributed by atoms with Crippen LogP contribution in [0.5, 0.6) is 0 Å². The van der Waals surface area contributed by atoms with Gasteiger partial charge in [-0.1, -0.05) is 44.4 Å². The van der Waals surface area contributed by atoms with Crippen molar-refractivity contribution in [2.45, 2.75) is 46.1 Å². The first kappa shape index (κ1) is 16.6. The van der Waals surface area contributed by atoms with Crippen molar-refractivity contribution in [3.63, 3.8) is 0 Å². The number of anilines is 1. The molecule has 1 N–H and O–H groups in total. The summed E-state index contributed by atoms with van der Waals surface area (Å²) in [7, 11) is 2.20. The first-order chi connectivity index (χ1) is 10.1. The van der Waals surface area contributed by atoms with Crippen molar-refractivity contribution < 1.29 is 0 Å². The SMILES string of the molecule is CC(C)CNCc1c(Cl)cccc1N(C)CC1CCCC1. The topological polar surface area (TPSA) is 15.3 Å². The second kappa shape index (κ2) is 8.05. The van der Waals surface area contributed by atoms with Gasteiger partial charge in [-0.15, -0.1) is 0 Å². The van der Waals surface area contributed by atoms with Gasteiger partial charge in [-0.05, 0) is 43.4 Å². The normalized spacial score (nSPS) is 15.9. The molecule has 0 radical (unpaired) electrons. The molecule has 1 aliphatic carbocycles. The smallest absolute Gasteiger partial charge is 0.0471 e. The van der Waals surface area contributed by atoms with Crippen LogP contribution in [0.25, 0.3) is 0 Å². The van der Waals surface area contributed by atoms with E-state index in [1.54, 1.807) is 0 Å². The van der Waals surface area contributed by atoms with Crippen LogP contribution in [0.3, 0.4) is 0 Å². The van der Waals surface area contributed by atoms with Gasteiger partial charge in [-0.2, -0.15) is 0 Å². The van der Waals surface area contributed by atoms with Gasteiger partial charge in [0.2, 0.25) is 0 Å². The zero-order valence-electron chi connectivity index (χ0n) is 13.7. The predicted octanol–water partition coefficient (Wildman–Crippen LogP) is 4.71. The van der Waals surface area contributed by atoms with Crippen LogP contribution in [0, 0.1) is 11.8 Å². The Kier molecular flexibility index (Phi) is 6.38. The third kappa shape index (κ3) is 4.89. The molecule has 0 amide bonds. The Bertz CT molecular complexity index is 439. The molecule has 0 unspecified atom stereocenters. The van der Waals surface area contributed by atoms with E-state index in [1.165, 1.54) is 36.9 Å². The molecule has 21 heavy (non-hydrogen) atoms. The quantitative estimate of drug-likeness (QED) is 0.784. The number of hydrogen-bond donors (Lipinski definition) is 1. The summed E-state index contributed by atoms with van der Waals surface area (Å²) < 4.78 is 0. The third-order valence-electron chi connectivity index (χ3n) is 4.37. The highest BCUT2D eigenvalue weighted by Crippen LogP contribution is 2.30. The van der Waals surface area contributed by atoms with Crippen molar-refractivity contribution >= 4 is 17.3 Å². The molecule has 0 heterocycles. The van der Waals surface area contributed by atoms with Crippen molar-refractivity contribution in [3.05, 3.63) is 28.8 Å². The maximum Gasteiger partial charge on any atom is 0.0471 e. The van der Waals surface area contributed by atoms with Crippen LogP contribution < -0.4 is 10.2 Å². The summed E-state index contributed by atoms with van der Waals surface area (Å²) in [6.07, 6.45) is 5.56. The van der Waals surface area contributed by atoms with E-state index in [2.05, 4.69) is 43.2 Å². The van der Waals surface area contributed by atoms with Crippen LogP contribution in [0.15, 0.2) is 18.2 Å². The summed E-state index contributed by atoms with van der Waals surface area (Å²) >= 11 is 6.44. The van der Waals surface area contributed by atoms with Gasteiger partial charge in [0.05, 0.1) is 0 Å². The predicted molar refractivity (Wildman–Crippen MR) is 93.2 cm³/mol. The van der Waals surface area contributed by atoms with Crippen LogP contribution in [0.1, 0.15) is 45.1 Å². The molecule has 0 saturated heterocycles. The van der Waals surface area contributed by atoms with Gasteiger partial charge in [0.1, 0.15) is 0 Å². The number of hydrogen-bond acceptors (Lipinski definition) is 2. The zero-order chi connectivity index (χ0) is 15.2. The fourth-order valence-corrected chi connectivity index (χ4v) is 3.48. The third-order valence-corrected chi connectivity index (χ3v) is 4.72. The number of benzene rings is 1. The molecule has 1 aromatic carbocycles. The molecule has 0 bridgehead atoms. The summed E-state index contributed by atoms with van der Waals surface area (Å²) in [5.74, 6) is 1.51. The molecule has 0 aliphatic heterocycles. The van der Waals surface area contributed by atoms with Crippen molar-refractivity contribution in [1.82, 2.24) is 5.32 Å². The zero-order valence-corrected chi connectivity index (χ0v) is 14.4. The minimum atomic E-state index is 0.659. The fourth-order valence-electron chi connectivity index (χ4n) is 3.24. The second-order valence-electron chi connectivity index (χ2n) is 6.79. The maximum absolute atomic E-state index is 6.44. The lowest BCUT2D eigenvalue weighted by Crippen LogP contribution is -2.27. The Labute approximate surface area is 134 Å². The molecule has 1 aromatic rings. The lowest BCUT2D eigenvalue weighted by Gasteiger charge is -2.26. The summed E-state index contributed by atoms with van der Waals surface area (Å²) in [6.45, 7) is 7.48. The molecule has 3 heteroatoms. The minimum Gasteiger partial charge on any atom is -0.374 e. The van der Waals surface area contributed by atoms with Crippen LogP contribution in [-0.4, -0.2) is 20.1 Å². The maximum atomic E-state index is 6.44.